The first-order valence-electron chi connectivity index (χ1n) is 5.03. The standard InChI is InChI=1S/C10H17NO2/c1-10(2)8(12)5-6-11(10)9(13)7-3-4-7/h7-8,12H,3-6H2,1-2H3. The minimum absolute atomic E-state index is 0.251. The largest absolute Gasteiger partial charge is 0.391 e. The zero-order chi connectivity index (χ0) is 9.64. The van der Waals surface area contributed by atoms with Gasteiger partial charge in [0.2, 0.25) is 5.91 Å². The predicted octanol–water partition coefficient (Wildman–Crippen LogP) is 0.768. The second kappa shape index (κ2) is 2.71. The monoisotopic (exact) mass is 183 g/mol. The van der Waals surface area contributed by atoms with Crippen molar-refractivity contribution in [1.29, 1.82) is 0 Å². The fourth-order valence-electron chi connectivity index (χ4n) is 2.02. The van der Waals surface area contributed by atoms with Crippen LogP contribution in [-0.4, -0.2) is 34.1 Å². The number of aliphatic hydroxyl groups is 1. The van der Waals surface area contributed by atoms with Gasteiger partial charge in [0.1, 0.15) is 0 Å². The number of rotatable bonds is 1. The molecule has 1 saturated carbocycles. The third-order valence-corrected chi connectivity index (χ3v) is 3.33. The summed E-state index contributed by atoms with van der Waals surface area (Å²) in [6.07, 6.45) is 2.46. The Labute approximate surface area is 78.7 Å². The molecular formula is C10H17NO2. The second-order valence-corrected chi connectivity index (χ2v) is 4.72. The lowest BCUT2D eigenvalue weighted by Gasteiger charge is -2.33. The fraction of sp³-hybridized carbons (Fsp3) is 0.900. The molecule has 0 bridgehead atoms. The van der Waals surface area contributed by atoms with Crippen LogP contribution in [0.1, 0.15) is 33.1 Å². The molecule has 1 heterocycles. The molecule has 74 valence electrons. The Morgan fingerprint density at radius 1 is 1.38 bits per heavy atom. The number of aliphatic hydroxyl groups excluding tert-OH is 1. The van der Waals surface area contributed by atoms with E-state index in [2.05, 4.69) is 0 Å². The summed E-state index contributed by atoms with van der Waals surface area (Å²) in [5, 5.41) is 9.68. The number of carbonyl (C=O) groups excluding carboxylic acids is 1. The molecule has 1 saturated heterocycles. The third-order valence-electron chi connectivity index (χ3n) is 3.33. The van der Waals surface area contributed by atoms with Crippen LogP contribution in [0.5, 0.6) is 0 Å². The van der Waals surface area contributed by atoms with Crippen molar-refractivity contribution in [2.45, 2.75) is 44.8 Å². The highest BCUT2D eigenvalue weighted by atomic mass is 16.3. The van der Waals surface area contributed by atoms with Gasteiger partial charge in [-0.2, -0.15) is 0 Å². The number of likely N-dealkylation sites (tertiary alicyclic amines) is 1. The van der Waals surface area contributed by atoms with Crippen molar-refractivity contribution in [1.82, 2.24) is 4.90 Å². The molecular weight excluding hydrogens is 166 g/mol. The summed E-state index contributed by atoms with van der Waals surface area (Å²) in [5.41, 5.74) is -0.348. The smallest absolute Gasteiger partial charge is 0.226 e. The van der Waals surface area contributed by atoms with Gasteiger partial charge in [-0.15, -0.1) is 0 Å². The van der Waals surface area contributed by atoms with Crippen LogP contribution in [-0.2, 0) is 4.79 Å². The quantitative estimate of drug-likeness (QED) is 0.652. The molecule has 1 aliphatic heterocycles. The van der Waals surface area contributed by atoms with E-state index in [1.54, 1.807) is 0 Å². The summed E-state index contributed by atoms with van der Waals surface area (Å²) in [7, 11) is 0. The molecule has 1 amide bonds. The minimum Gasteiger partial charge on any atom is -0.391 e. The first-order valence-corrected chi connectivity index (χ1v) is 5.03. The summed E-state index contributed by atoms with van der Waals surface area (Å²) in [6, 6.07) is 0. The molecule has 0 aromatic carbocycles. The van der Waals surface area contributed by atoms with Gasteiger partial charge in [-0.25, -0.2) is 0 Å². The SMILES string of the molecule is CC1(C)C(O)CCN1C(=O)C1CC1. The number of nitrogens with zero attached hydrogens (tertiary/aromatic N) is 1. The van der Waals surface area contributed by atoms with Crippen molar-refractivity contribution in [3.05, 3.63) is 0 Å². The van der Waals surface area contributed by atoms with E-state index >= 15 is 0 Å². The molecule has 0 aromatic rings. The lowest BCUT2D eigenvalue weighted by Crippen LogP contribution is -2.48. The van der Waals surface area contributed by atoms with E-state index in [1.165, 1.54) is 0 Å². The van der Waals surface area contributed by atoms with Crippen LogP contribution in [0.15, 0.2) is 0 Å². The zero-order valence-electron chi connectivity index (χ0n) is 8.29. The molecule has 2 rings (SSSR count). The van der Waals surface area contributed by atoms with E-state index in [9.17, 15) is 9.90 Å². The number of hydrogen-bond acceptors (Lipinski definition) is 2. The Morgan fingerprint density at radius 2 is 2.00 bits per heavy atom. The highest BCUT2D eigenvalue weighted by Crippen LogP contribution is 2.37. The fourth-order valence-corrected chi connectivity index (χ4v) is 2.02. The molecule has 3 nitrogen and oxygen atoms in total. The summed E-state index contributed by atoms with van der Waals surface area (Å²) >= 11 is 0. The number of amides is 1. The summed E-state index contributed by atoms with van der Waals surface area (Å²) in [6.45, 7) is 4.62. The molecule has 2 aliphatic rings. The van der Waals surface area contributed by atoms with Crippen molar-refractivity contribution in [2.24, 2.45) is 5.92 Å². The summed E-state index contributed by atoms with van der Waals surface area (Å²) < 4.78 is 0. The summed E-state index contributed by atoms with van der Waals surface area (Å²) in [5.74, 6) is 0.520. The Morgan fingerprint density at radius 3 is 2.38 bits per heavy atom. The predicted molar refractivity (Wildman–Crippen MR) is 49.1 cm³/mol. The normalized spacial score (nSPS) is 32.2. The number of hydrogen-bond donors (Lipinski definition) is 1. The van der Waals surface area contributed by atoms with Crippen LogP contribution < -0.4 is 0 Å². The van der Waals surface area contributed by atoms with E-state index in [0.717, 1.165) is 25.8 Å². The van der Waals surface area contributed by atoms with E-state index in [4.69, 9.17) is 0 Å². The van der Waals surface area contributed by atoms with Gasteiger partial charge in [-0.1, -0.05) is 0 Å². The Kier molecular flexibility index (Phi) is 1.88. The van der Waals surface area contributed by atoms with E-state index in [0.29, 0.717) is 0 Å². The van der Waals surface area contributed by atoms with Crippen LogP contribution in [0.25, 0.3) is 0 Å². The topological polar surface area (TPSA) is 40.5 Å². The summed E-state index contributed by atoms with van der Waals surface area (Å²) in [4.78, 5) is 13.6. The van der Waals surface area contributed by atoms with Crippen molar-refractivity contribution < 1.29 is 9.90 Å². The molecule has 0 aromatic heterocycles. The van der Waals surface area contributed by atoms with E-state index in [-0.39, 0.29) is 23.5 Å². The average Bonchev–Trinajstić information content (AvgIpc) is 2.82. The molecule has 1 aliphatic carbocycles. The Balaban J connectivity index is 2.10. The molecule has 2 fully saturated rings. The van der Waals surface area contributed by atoms with Crippen molar-refractivity contribution in [3.8, 4) is 0 Å². The first kappa shape index (κ1) is 9.00. The van der Waals surface area contributed by atoms with Gasteiger partial charge in [-0.05, 0) is 33.1 Å². The highest BCUT2D eigenvalue weighted by molar-refractivity contribution is 5.82. The molecule has 1 N–H and O–H groups in total. The van der Waals surface area contributed by atoms with Crippen LogP contribution >= 0.6 is 0 Å². The van der Waals surface area contributed by atoms with Gasteiger partial charge in [0, 0.05) is 12.5 Å². The molecule has 13 heavy (non-hydrogen) atoms. The van der Waals surface area contributed by atoms with Crippen molar-refractivity contribution >= 4 is 5.91 Å². The Bertz CT molecular complexity index is 233. The van der Waals surface area contributed by atoms with E-state index < -0.39 is 0 Å². The first-order chi connectivity index (χ1) is 6.03. The van der Waals surface area contributed by atoms with Gasteiger partial charge in [0.05, 0.1) is 11.6 Å². The maximum atomic E-state index is 11.8. The molecule has 0 radical (unpaired) electrons. The van der Waals surface area contributed by atoms with Crippen LogP contribution in [0.3, 0.4) is 0 Å². The highest BCUT2D eigenvalue weighted by Gasteiger charge is 2.46. The maximum absolute atomic E-state index is 11.8. The third kappa shape index (κ3) is 1.35. The van der Waals surface area contributed by atoms with Gasteiger partial charge >= 0.3 is 0 Å². The van der Waals surface area contributed by atoms with Crippen molar-refractivity contribution in [2.75, 3.05) is 6.54 Å². The molecule has 3 heteroatoms. The van der Waals surface area contributed by atoms with Gasteiger partial charge in [-0.3, -0.25) is 4.79 Å². The lowest BCUT2D eigenvalue weighted by molar-refractivity contribution is -0.137. The van der Waals surface area contributed by atoms with Crippen LogP contribution in [0.4, 0.5) is 0 Å². The number of carbonyl (C=O) groups is 1. The van der Waals surface area contributed by atoms with Crippen LogP contribution in [0.2, 0.25) is 0 Å². The van der Waals surface area contributed by atoms with Crippen molar-refractivity contribution in [3.63, 3.8) is 0 Å². The zero-order valence-corrected chi connectivity index (χ0v) is 8.29. The van der Waals surface area contributed by atoms with Gasteiger partial charge in [0.15, 0.2) is 0 Å². The molecule has 0 spiro atoms. The lowest BCUT2D eigenvalue weighted by atomic mass is 9.98. The van der Waals surface area contributed by atoms with Gasteiger partial charge < -0.3 is 10.0 Å². The second-order valence-electron chi connectivity index (χ2n) is 4.72. The molecule has 1 unspecified atom stereocenters. The average molecular weight is 183 g/mol. The van der Waals surface area contributed by atoms with Gasteiger partial charge in [0.25, 0.3) is 0 Å². The van der Waals surface area contributed by atoms with Crippen LogP contribution in [0, 0.1) is 5.92 Å². The minimum atomic E-state index is -0.352. The maximum Gasteiger partial charge on any atom is 0.226 e. The Hall–Kier alpha value is -0.570. The molecule has 1 atom stereocenters. The van der Waals surface area contributed by atoms with E-state index in [1.807, 2.05) is 18.7 Å².